The molecule has 1 aliphatic carbocycles. The van der Waals surface area contributed by atoms with Gasteiger partial charge in [0.1, 0.15) is 0 Å². The van der Waals surface area contributed by atoms with E-state index in [0.717, 1.165) is 18.6 Å². The number of rotatable bonds is 5. The van der Waals surface area contributed by atoms with Crippen LogP contribution in [0.5, 0.6) is 0 Å². The summed E-state index contributed by atoms with van der Waals surface area (Å²) in [6, 6.07) is 1.46. The van der Waals surface area contributed by atoms with E-state index in [-0.39, 0.29) is 0 Å². The Hall–Kier alpha value is -0.120. The van der Waals surface area contributed by atoms with E-state index in [1.807, 2.05) is 7.11 Å². The van der Waals surface area contributed by atoms with Crippen molar-refractivity contribution in [1.82, 2.24) is 10.2 Å². The van der Waals surface area contributed by atoms with E-state index in [2.05, 4.69) is 31.0 Å². The first-order valence-electron chi connectivity index (χ1n) is 8.65. The second kappa shape index (κ2) is 7.24. The zero-order valence-corrected chi connectivity index (χ0v) is 14.0. The van der Waals surface area contributed by atoms with Crippen LogP contribution in [0, 0.1) is 0 Å². The average molecular weight is 282 g/mol. The van der Waals surface area contributed by atoms with Gasteiger partial charge in [-0.3, -0.25) is 4.90 Å². The number of hydrogen-bond donors (Lipinski definition) is 1. The molecule has 1 heterocycles. The third-order valence-corrected chi connectivity index (χ3v) is 5.57. The molecular formula is C17H34N2O. The predicted octanol–water partition coefficient (Wildman–Crippen LogP) is 3.19. The third-order valence-electron chi connectivity index (χ3n) is 5.57. The molecule has 2 fully saturated rings. The van der Waals surface area contributed by atoms with Crippen LogP contribution in [-0.2, 0) is 4.74 Å². The van der Waals surface area contributed by atoms with E-state index in [1.165, 1.54) is 51.5 Å². The van der Waals surface area contributed by atoms with Gasteiger partial charge in [0.2, 0.25) is 0 Å². The van der Waals surface area contributed by atoms with E-state index < -0.39 is 0 Å². The van der Waals surface area contributed by atoms with Crippen molar-refractivity contribution in [3.05, 3.63) is 0 Å². The SMILES string of the molecule is CCCC1CNC(C)(CC)CN1C1CCCC(OC)C1. The maximum absolute atomic E-state index is 5.64. The minimum atomic E-state index is 0.296. The fraction of sp³-hybridized carbons (Fsp3) is 1.00. The molecule has 3 nitrogen and oxygen atoms in total. The van der Waals surface area contributed by atoms with Gasteiger partial charge in [-0.1, -0.05) is 20.3 Å². The normalized spacial score (nSPS) is 39.9. The van der Waals surface area contributed by atoms with Gasteiger partial charge in [0.15, 0.2) is 0 Å². The molecule has 0 aromatic rings. The van der Waals surface area contributed by atoms with Crippen LogP contribution in [0.2, 0.25) is 0 Å². The molecule has 3 heteroatoms. The van der Waals surface area contributed by atoms with Crippen molar-refractivity contribution in [1.29, 1.82) is 0 Å². The number of ether oxygens (including phenoxy) is 1. The largest absolute Gasteiger partial charge is 0.381 e. The summed E-state index contributed by atoms with van der Waals surface area (Å²) in [6.45, 7) is 9.37. The summed E-state index contributed by atoms with van der Waals surface area (Å²) < 4.78 is 5.64. The Morgan fingerprint density at radius 1 is 1.30 bits per heavy atom. The maximum atomic E-state index is 5.64. The highest BCUT2D eigenvalue weighted by Gasteiger charge is 2.39. The Kier molecular flexibility index (Phi) is 5.88. The summed E-state index contributed by atoms with van der Waals surface area (Å²) in [5.41, 5.74) is 0.296. The molecule has 2 aliphatic rings. The number of methoxy groups -OCH3 is 1. The van der Waals surface area contributed by atoms with Crippen LogP contribution in [-0.4, -0.2) is 48.8 Å². The highest BCUT2D eigenvalue weighted by atomic mass is 16.5. The Balaban J connectivity index is 2.06. The van der Waals surface area contributed by atoms with Gasteiger partial charge in [0.05, 0.1) is 6.10 Å². The molecule has 0 bridgehead atoms. The van der Waals surface area contributed by atoms with Gasteiger partial charge >= 0.3 is 0 Å². The molecule has 0 radical (unpaired) electrons. The van der Waals surface area contributed by atoms with Gasteiger partial charge in [-0.05, 0) is 45.4 Å². The fourth-order valence-corrected chi connectivity index (χ4v) is 3.97. The van der Waals surface area contributed by atoms with E-state index in [1.54, 1.807) is 0 Å². The Bertz CT molecular complexity index is 297. The Labute approximate surface area is 125 Å². The van der Waals surface area contributed by atoms with Crippen LogP contribution in [0.15, 0.2) is 0 Å². The lowest BCUT2D eigenvalue weighted by molar-refractivity contribution is -0.0153. The average Bonchev–Trinajstić information content (AvgIpc) is 2.49. The first-order valence-corrected chi connectivity index (χ1v) is 8.65. The van der Waals surface area contributed by atoms with Gasteiger partial charge in [0, 0.05) is 37.8 Å². The molecular weight excluding hydrogens is 248 g/mol. The van der Waals surface area contributed by atoms with Crippen molar-refractivity contribution < 1.29 is 4.74 Å². The molecule has 0 amide bonds. The summed E-state index contributed by atoms with van der Waals surface area (Å²) in [6.07, 6.45) is 9.47. The molecule has 1 N–H and O–H groups in total. The standard InChI is InChI=1S/C17H34N2O/c1-5-8-15-12-18-17(3,6-2)13-19(15)14-9-7-10-16(11-14)20-4/h14-16,18H,5-13H2,1-4H3. The van der Waals surface area contributed by atoms with Crippen LogP contribution >= 0.6 is 0 Å². The van der Waals surface area contributed by atoms with E-state index in [9.17, 15) is 0 Å². The highest BCUT2D eigenvalue weighted by Crippen LogP contribution is 2.31. The van der Waals surface area contributed by atoms with Crippen molar-refractivity contribution in [2.45, 2.75) is 89.4 Å². The lowest BCUT2D eigenvalue weighted by Gasteiger charge is -2.50. The second-order valence-electron chi connectivity index (χ2n) is 7.09. The van der Waals surface area contributed by atoms with Crippen LogP contribution in [0.25, 0.3) is 0 Å². The summed E-state index contributed by atoms with van der Waals surface area (Å²) in [5, 5.41) is 3.80. The lowest BCUT2D eigenvalue weighted by atomic mass is 9.86. The molecule has 4 atom stereocenters. The van der Waals surface area contributed by atoms with Crippen LogP contribution in [0.4, 0.5) is 0 Å². The van der Waals surface area contributed by atoms with Crippen LogP contribution in [0.1, 0.15) is 65.7 Å². The second-order valence-corrected chi connectivity index (χ2v) is 7.09. The van der Waals surface area contributed by atoms with E-state index in [4.69, 9.17) is 4.74 Å². The summed E-state index contributed by atoms with van der Waals surface area (Å²) in [4.78, 5) is 2.83. The quantitative estimate of drug-likeness (QED) is 0.838. The smallest absolute Gasteiger partial charge is 0.0586 e. The molecule has 1 aliphatic heterocycles. The van der Waals surface area contributed by atoms with Gasteiger partial charge < -0.3 is 10.1 Å². The first-order chi connectivity index (χ1) is 9.61. The summed E-state index contributed by atoms with van der Waals surface area (Å²) in [7, 11) is 1.88. The zero-order chi connectivity index (χ0) is 14.6. The molecule has 1 saturated carbocycles. The van der Waals surface area contributed by atoms with Gasteiger partial charge in [-0.2, -0.15) is 0 Å². The van der Waals surface area contributed by atoms with Gasteiger partial charge in [0.25, 0.3) is 0 Å². The molecule has 4 unspecified atom stereocenters. The number of piperazine rings is 1. The van der Waals surface area contributed by atoms with E-state index >= 15 is 0 Å². The highest BCUT2D eigenvalue weighted by molar-refractivity contribution is 4.97. The zero-order valence-electron chi connectivity index (χ0n) is 14.0. The summed E-state index contributed by atoms with van der Waals surface area (Å²) in [5.74, 6) is 0. The van der Waals surface area contributed by atoms with Crippen molar-refractivity contribution in [2.24, 2.45) is 0 Å². The van der Waals surface area contributed by atoms with Crippen molar-refractivity contribution in [2.75, 3.05) is 20.2 Å². The molecule has 0 spiro atoms. The van der Waals surface area contributed by atoms with E-state index in [0.29, 0.717) is 11.6 Å². The minimum Gasteiger partial charge on any atom is -0.381 e. The van der Waals surface area contributed by atoms with Gasteiger partial charge in [-0.25, -0.2) is 0 Å². The van der Waals surface area contributed by atoms with Crippen molar-refractivity contribution in [3.8, 4) is 0 Å². The maximum Gasteiger partial charge on any atom is 0.0586 e. The molecule has 1 saturated heterocycles. The molecule has 0 aromatic heterocycles. The number of hydrogen-bond acceptors (Lipinski definition) is 3. The topological polar surface area (TPSA) is 24.5 Å². The Morgan fingerprint density at radius 3 is 2.75 bits per heavy atom. The molecule has 2 rings (SSSR count). The molecule has 118 valence electrons. The fourth-order valence-electron chi connectivity index (χ4n) is 3.97. The minimum absolute atomic E-state index is 0.296. The third kappa shape index (κ3) is 3.75. The lowest BCUT2D eigenvalue weighted by Crippen LogP contribution is -2.65. The Morgan fingerprint density at radius 2 is 2.10 bits per heavy atom. The van der Waals surface area contributed by atoms with Crippen LogP contribution in [0.3, 0.4) is 0 Å². The summed E-state index contributed by atoms with van der Waals surface area (Å²) >= 11 is 0. The predicted molar refractivity (Wildman–Crippen MR) is 85.2 cm³/mol. The monoisotopic (exact) mass is 282 g/mol. The number of nitrogens with zero attached hydrogens (tertiary/aromatic N) is 1. The van der Waals surface area contributed by atoms with Gasteiger partial charge in [-0.15, -0.1) is 0 Å². The first kappa shape index (κ1) is 16.3. The van der Waals surface area contributed by atoms with Crippen molar-refractivity contribution in [3.63, 3.8) is 0 Å². The van der Waals surface area contributed by atoms with Crippen LogP contribution < -0.4 is 5.32 Å². The number of nitrogens with one attached hydrogen (secondary N) is 1. The molecule has 0 aromatic carbocycles. The van der Waals surface area contributed by atoms with Crippen molar-refractivity contribution >= 4 is 0 Å². The molecule has 20 heavy (non-hydrogen) atoms.